The zero-order chi connectivity index (χ0) is 43.8. The maximum Gasteiger partial charge on any atom is 0.0541 e. The lowest BCUT2D eigenvalue weighted by Gasteiger charge is -2.29. The lowest BCUT2D eigenvalue weighted by atomic mass is 9.88. The van der Waals surface area contributed by atoms with Crippen LogP contribution < -0.4 is 4.90 Å². The van der Waals surface area contributed by atoms with Crippen LogP contribution in [0.3, 0.4) is 0 Å². The normalized spacial score (nSPS) is 11.3. The first-order valence-electron chi connectivity index (χ1n) is 22.7. The Morgan fingerprint density at radius 3 is 1.52 bits per heavy atom. The van der Waals surface area contributed by atoms with Gasteiger partial charge in [0.15, 0.2) is 0 Å². The number of para-hydroxylation sites is 3. The van der Waals surface area contributed by atoms with Crippen LogP contribution in [-0.4, -0.2) is 4.57 Å². The van der Waals surface area contributed by atoms with Crippen molar-refractivity contribution in [3.05, 3.63) is 267 Å². The lowest BCUT2D eigenvalue weighted by Crippen LogP contribution is -2.11. The summed E-state index contributed by atoms with van der Waals surface area (Å²) in [6.07, 6.45) is 0. The number of benzene rings is 11. The van der Waals surface area contributed by atoms with Crippen LogP contribution in [0.15, 0.2) is 267 Å². The second kappa shape index (κ2) is 16.8. The van der Waals surface area contributed by atoms with E-state index in [2.05, 4.69) is 276 Å². The molecule has 0 saturated heterocycles. The Balaban J connectivity index is 1.05. The molecule has 0 aliphatic carbocycles. The van der Waals surface area contributed by atoms with Gasteiger partial charge in [-0.15, -0.1) is 0 Å². The summed E-state index contributed by atoms with van der Waals surface area (Å²) in [5, 5.41) is 4.94. The molecule has 1 aromatic heterocycles. The molecule has 0 unspecified atom stereocenters. The van der Waals surface area contributed by atoms with Gasteiger partial charge in [0.2, 0.25) is 0 Å². The fourth-order valence-electron chi connectivity index (χ4n) is 9.99. The fraction of sp³-hybridized carbons (Fsp3) is 0. The van der Waals surface area contributed by atoms with Crippen LogP contribution in [0.5, 0.6) is 0 Å². The first kappa shape index (κ1) is 38.9. The molecule has 0 fully saturated rings. The van der Waals surface area contributed by atoms with Crippen molar-refractivity contribution in [2.45, 2.75) is 0 Å². The quantitative estimate of drug-likeness (QED) is 0.141. The minimum atomic E-state index is 1.07. The molecule has 0 aliphatic heterocycles. The number of nitrogens with zero attached hydrogens (tertiary/aromatic N) is 2. The van der Waals surface area contributed by atoms with Crippen molar-refractivity contribution in [2.24, 2.45) is 0 Å². The highest BCUT2D eigenvalue weighted by atomic mass is 15.1. The van der Waals surface area contributed by atoms with Crippen molar-refractivity contribution in [2.75, 3.05) is 4.90 Å². The van der Waals surface area contributed by atoms with Gasteiger partial charge in [0, 0.05) is 33.4 Å². The molecule has 2 nitrogen and oxygen atoms in total. The highest BCUT2D eigenvalue weighted by Gasteiger charge is 2.22. The summed E-state index contributed by atoms with van der Waals surface area (Å²) < 4.78 is 2.38. The minimum absolute atomic E-state index is 1.07. The van der Waals surface area contributed by atoms with Crippen LogP contribution in [0.2, 0.25) is 0 Å². The van der Waals surface area contributed by atoms with Gasteiger partial charge in [0.05, 0.1) is 16.7 Å². The summed E-state index contributed by atoms with van der Waals surface area (Å²) >= 11 is 0. The van der Waals surface area contributed by atoms with Crippen LogP contribution >= 0.6 is 0 Å². The smallest absolute Gasteiger partial charge is 0.0541 e. The molecule has 12 rings (SSSR count). The molecular weight excluding hydrogens is 797 g/mol. The molecule has 0 spiro atoms. The SMILES string of the molecule is c1ccc(-c2ccccc2-c2ccccc2-c2ccccc2N(c2cccc(-c3ccc4c(c3)c3ccccc3n4-c3ccccc3)c2)c2cccc(-c3cccc4ccccc34)c2)cc1. The molecule has 0 radical (unpaired) electrons. The summed E-state index contributed by atoms with van der Waals surface area (Å²) in [6.45, 7) is 0. The van der Waals surface area contributed by atoms with Gasteiger partial charge < -0.3 is 9.47 Å². The third kappa shape index (κ3) is 6.93. The van der Waals surface area contributed by atoms with Crippen molar-refractivity contribution in [1.29, 1.82) is 0 Å². The van der Waals surface area contributed by atoms with Gasteiger partial charge in [-0.05, 0) is 122 Å². The van der Waals surface area contributed by atoms with Crippen LogP contribution in [0.4, 0.5) is 17.1 Å². The second-order valence-electron chi connectivity index (χ2n) is 16.9. The average Bonchev–Trinajstić information content (AvgIpc) is 3.73. The largest absolute Gasteiger partial charge is 0.310 e. The number of hydrogen-bond donors (Lipinski definition) is 0. The zero-order valence-electron chi connectivity index (χ0n) is 36.3. The summed E-state index contributed by atoms with van der Waals surface area (Å²) in [5.74, 6) is 0. The average molecular weight is 841 g/mol. The number of rotatable bonds is 9. The lowest BCUT2D eigenvalue weighted by molar-refractivity contribution is 1.18. The third-order valence-electron chi connectivity index (χ3n) is 13.0. The van der Waals surface area contributed by atoms with E-state index in [0.29, 0.717) is 0 Å². The van der Waals surface area contributed by atoms with E-state index in [1.54, 1.807) is 0 Å². The van der Waals surface area contributed by atoms with Crippen molar-refractivity contribution in [3.8, 4) is 61.3 Å². The van der Waals surface area contributed by atoms with E-state index in [9.17, 15) is 0 Å². The molecular formula is C64H44N2. The fourth-order valence-corrected chi connectivity index (χ4v) is 9.99. The van der Waals surface area contributed by atoms with Gasteiger partial charge in [-0.2, -0.15) is 0 Å². The second-order valence-corrected chi connectivity index (χ2v) is 16.9. The van der Waals surface area contributed by atoms with Crippen LogP contribution in [-0.2, 0) is 0 Å². The van der Waals surface area contributed by atoms with Crippen LogP contribution in [0.1, 0.15) is 0 Å². The standard InChI is InChI=1S/C64H44N2/c1-3-20-45(21-4-1)54-31-9-10-32-56(54)57-33-11-12-34-58(57)59-35-13-15-38-62(59)65(52-29-18-25-49(43-52)55-37-19-23-46-22-7-8-30-53(46)55)51-28-17-24-47(42-51)48-40-41-64-61(44-48)60-36-14-16-39-63(60)66(64)50-26-5-2-6-27-50/h1-44H. The van der Waals surface area contributed by atoms with Crippen LogP contribution in [0, 0.1) is 0 Å². The topological polar surface area (TPSA) is 8.17 Å². The van der Waals surface area contributed by atoms with Crippen molar-refractivity contribution in [1.82, 2.24) is 4.57 Å². The van der Waals surface area contributed by atoms with E-state index in [4.69, 9.17) is 0 Å². The molecule has 0 bridgehead atoms. The Hall–Kier alpha value is -8.72. The molecule has 310 valence electrons. The van der Waals surface area contributed by atoms with E-state index < -0.39 is 0 Å². The molecule has 0 N–H and O–H groups in total. The van der Waals surface area contributed by atoms with Crippen molar-refractivity contribution >= 4 is 49.6 Å². The summed E-state index contributed by atoms with van der Waals surface area (Å²) in [5.41, 5.74) is 18.6. The number of aromatic nitrogens is 1. The maximum atomic E-state index is 2.45. The highest BCUT2D eigenvalue weighted by Crippen LogP contribution is 2.47. The molecule has 2 heteroatoms. The zero-order valence-corrected chi connectivity index (χ0v) is 36.3. The maximum absolute atomic E-state index is 2.45. The van der Waals surface area contributed by atoms with Gasteiger partial charge >= 0.3 is 0 Å². The molecule has 66 heavy (non-hydrogen) atoms. The third-order valence-corrected chi connectivity index (χ3v) is 13.0. The van der Waals surface area contributed by atoms with Gasteiger partial charge in [0.1, 0.15) is 0 Å². The molecule has 1 heterocycles. The highest BCUT2D eigenvalue weighted by molar-refractivity contribution is 6.10. The van der Waals surface area contributed by atoms with Gasteiger partial charge in [-0.1, -0.05) is 206 Å². The van der Waals surface area contributed by atoms with E-state index in [1.807, 2.05) is 0 Å². The van der Waals surface area contributed by atoms with Crippen LogP contribution in [0.25, 0.3) is 93.9 Å². The first-order valence-corrected chi connectivity index (χ1v) is 22.7. The number of hydrogen-bond acceptors (Lipinski definition) is 1. The number of anilines is 3. The Morgan fingerprint density at radius 1 is 0.258 bits per heavy atom. The monoisotopic (exact) mass is 840 g/mol. The Kier molecular flexibility index (Phi) is 9.89. The van der Waals surface area contributed by atoms with Crippen molar-refractivity contribution in [3.63, 3.8) is 0 Å². The van der Waals surface area contributed by atoms with Gasteiger partial charge in [-0.25, -0.2) is 0 Å². The predicted octanol–water partition coefficient (Wildman–Crippen LogP) is 17.7. The predicted molar refractivity (Wildman–Crippen MR) is 280 cm³/mol. The van der Waals surface area contributed by atoms with E-state index in [-0.39, 0.29) is 0 Å². The Bertz CT molecular complexity index is 3710. The summed E-state index contributed by atoms with van der Waals surface area (Å²) in [7, 11) is 0. The molecule has 0 amide bonds. The van der Waals surface area contributed by atoms with Gasteiger partial charge in [0.25, 0.3) is 0 Å². The molecule has 0 aliphatic rings. The minimum Gasteiger partial charge on any atom is -0.310 e. The summed E-state index contributed by atoms with van der Waals surface area (Å²) in [6, 6.07) is 97.0. The van der Waals surface area contributed by atoms with E-state index in [1.165, 1.54) is 77.1 Å². The number of fused-ring (bicyclic) bond motifs is 4. The Morgan fingerprint density at radius 2 is 0.742 bits per heavy atom. The Labute approximate surface area is 385 Å². The van der Waals surface area contributed by atoms with Crippen molar-refractivity contribution < 1.29 is 0 Å². The molecule has 0 saturated carbocycles. The molecule has 11 aromatic carbocycles. The first-order chi connectivity index (χ1) is 32.8. The molecule has 0 atom stereocenters. The van der Waals surface area contributed by atoms with E-state index >= 15 is 0 Å². The summed E-state index contributed by atoms with van der Waals surface area (Å²) in [4.78, 5) is 2.45. The molecule has 12 aromatic rings. The van der Waals surface area contributed by atoms with Gasteiger partial charge in [-0.3, -0.25) is 0 Å². The van der Waals surface area contributed by atoms with E-state index in [0.717, 1.165) is 33.9 Å².